The predicted octanol–water partition coefficient (Wildman–Crippen LogP) is 2.25. The number of carbonyl (C=O) groups is 2. The molecule has 0 radical (unpaired) electrons. The van der Waals surface area contributed by atoms with Gasteiger partial charge in [-0.15, -0.1) is 10.2 Å². The van der Waals surface area contributed by atoms with Crippen molar-refractivity contribution < 1.29 is 9.59 Å². The van der Waals surface area contributed by atoms with Gasteiger partial charge in [-0.25, -0.2) is 0 Å². The fraction of sp³-hybridized carbons (Fsp3) is 0.167. The first-order valence-corrected chi connectivity index (χ1v) is 8.27. The summed E-state index contributed by atoms with van der Waals surface area (Å²) >= 11 is 0. The van der Waals surface area contributed by atoms with Gasteiger partial charge in [-0.05, 0) is 35.9 Å². The van der Waals surface area contributed by atoms with Crippen LogP contribution in [0.4, 0.5) is 11.4 Å². The Morgan fingerprint density at radius 2 is 2.04 bits per heavy atom. The van der Waals surface area contributed by atoms with Crippen molar-refractivity contribution in [2.24, 2.45) is 0 Å². The van der Waals surface area contributed by atoms with Gasteiger partial charge in [-0.2, -0.15) is 5.21 Å². The Kier molecular flexibility index (Phi) is 4.14. The van der Waals surface area contributed by atoms with E-state index in [4.69, 9.17) is 0 Å². The topological polar surface area (TPSA) is 104 Å². The molecule has 0 bridgehead atoms. The molecule has 2 N–H and O–H groups in total. The highest BCUT2D eigenvalue weighted by Crippen LogP contribution is 2.29. The van der Waals surface area contributed by atoms with Crippen molar-refractivity contribution in [1.29, 1.82) is 0 Å². The van der Waals surface area contributed by atoms with Crippen LogP contribution in [0, 0.1) is 0 Å². The summed E-state index contributed by atoms with van der Waals surface area (Å²) in [5.74, 6) is 0.225. The Bertz CT molecular complexity index is 954. The van der Waals surface area contributed by atoms with E-state index >= 15 is 0 Å². The second-order valence-electron chi connectivity index (χ2n) is 5.94. The van der Waals surface area contributed by atoms with Crippen LogP contribution in [0.2, 0.25) is 0 Å². The molecule has 8 heteroatoms. The Morgan fingerprint density at radius 3 is 2.81 bits per heavy atom. The molecule has 1 fully saturated rings. The van der Waals surface area contributed by atoms with Gasteiger partial charge >= 0.3 is 0 Å². The van der Waals surface area contributed by atoms with E-state index in [0.29, 0.717) is 35.6 Å². The zero-order valence-corrected chi connectivity index (χ0v) is 13.8. The Hall–Kier alpha value is -3.55. The third-order valence-corrected chi connectivity index (χ3v) is 4.24. The molecule has 4 rings (SSSR count). The first-order valence-electron chi connectivity index (χ1n) is 8.27. The molecule has 26 heavy (non-hydrogen) atoms. The average molecular weight is 348 g/mol. The Balaban J connectivity index is 1.60. The number of nitrogens with one attached hydrogen (secondary N) is 2. The maximum Gasteiger partial charge on any atom is 0.255 e. The summed E-state index contributed by atoms with van der Waals surface area (Å²) < 4.78 is 0. The molecular formula is C18H16N6O2. The number of aromatic nitrogens is 4. The summed E-state index contributed by atoms with van der Waals surface area (Å²) in [6.07, 6.45) is 1.36. The number of amides is 2. The van der Waals surface area contributed by atoms with Crippen LogP contribution < -0.4 is 10.2 Å². The first kappa shape index (κ1) is 15.9. The van der Waals surface area contributed by atoms with Crippen LogP contribution in [-0.4, -0.2) is 39.0 Å². The van der Waals surface area contributed by atoms with Gasteiger partial charge in [0.15, 0.2) is 0 Å². The summed E-state index contributed by atoms with van der Waals surface area (Å²) in [5, 5.41) is 16.7. The zero-order chi connectivity index (χ0) is 17.9. The number of para-hydroxylation sites is 2. The van der Waals surface area contributed by atoms with Crippen LogP contribution in [0.25, 0.3) is 11.4 Å². The highest BCUT2D eigenvalue weighted by atomic mass is 16.2. The number of tetrazole rings is 1. The molecule has 1 saturated heterocycles. The first-order chi connectivity index (χ1) is 12.7. The standard InChI is InChI=1S/C18H16N6O2/c25-16-9-4-10-24(16)15-8-2-1-7-14(15)19-18(26)13-6-3-5-12(11-13)17-20-22-23-21-17/h1-3,5-8,11H,4,9-10H2,(H,19,26)(H,20,21,22,23). The number of H-pyrrole nitrogens is 1. The zero-order valence-electron chi connectivity index (χ0n) is 13.8. The summed E-state index contributed by atoms with van der Waals surface area (Å²) in [7, 11) is 0. The number of anilines is 2. The van der Waals surface area contributed by atoms with E-state index < -0.39 is 0 Å². The molecule has 0 atom stereocenters. The number of carbonyl (C=O) groups excluding carboxylic acids is 2. The SMILES string of the molecule is O=C(Nc1ccccc1N1CCCC1=O)c1cccc(-c2nn[nH]n2)c1. The van der Waals surface area contributed by atoms with Gasteiger partial charge in [-0.3, -0.25) is 9.59 Å². The van der Waals surface area contributed by atoms with Gasteiger partial charge in [-0.1, -0.05) is 24.3 Å². The van der Waals surface area contributed by atoms with Crippen LogP contribution in [0.5, 0.6) is 0 Å². The number of hydrogen-bond donors (Lipinski definition) is 2. The van der Waals surface area contributed by atoms with Gasteiger partial charge in [0, 0.05) is 24.1 Å². The minimum Gasteiger partial charge on any atom is -0.320 e. The highest BCUT2D eigenvalue weighted by Gasteiger charge is 2.24. The Morgan fingerprint density at radius 1 is 1.15 bits per heavy atom. The van der Waals surface area contributed by atoms with Gasteiger partial charge in [0.25, 0.3) is 5.91 Å². The van der Waals surface area contributed by atoms with E-state index in [1.165, 1.54) is 0 Å². The molecule has 2 heterocycles. The summed E-state index contributed by atoms with van der Waals surface area (Å²) in [6, 6.07) is 14.3. The number of rotatable bonds is 4. The van der Waals surface area contributed by atoms with Crippen molar-refractivity contribution in [3.63, 3.8) is 0 Å². The molecule has 0 unspecified atom stereocenters. The molecule has 2 amide bonds. The van der Waals surface area contributed by atoms with Gasteiger partial charge < -0.3 is 10.2 Å². The molecule has 0 saturated carbocycles. The summed E-state index contributed by atoms with van der Waals surface area (Å²) in [6.45, 7) is 0.666. The molecule has 130 valence electrons. The summed E-state index contributed by atoms with van der Waals surface area (Å²) in [5.41, 5.74) is 2.49. The molecule has 0 spiro atoms. The fourth-order valence-electron chi connectivity index (χ4n) is 3.00. The second-order valence-corrected chi connectivity index (χ2v) is 5.94. The van der Waals surface area contributed by atoms with Crippen LogP contribution >= 0.6 is 0 Å². The maximum atomic E-state index is 12.7. The predicted molar refractivity (Wildman–Crippen MR) is 95.6 cm³/mol. The minimum atomic E-state index is -0.269. The molecule has 1 aliphatic rings. The van der Waals surface area contributed by atoms with E-state index in [9.17, 15) is 9.59 Å². The largest absolute Gasteiger partial charge is 0.320 e. The maximum absolute atomic E-state index is 12.7. The Labute approximate surface area is 149 Å². The lowest BCUT2D eigenvalue weighted by molar-refractivity contribution is -0.117. The monoisotopic (exact) mass is 348 g/mol. The lowest BCUT2D eigenvalue weighted by Gasteiger charge is -2.20. The van der Waals surface area contributed by atoms with Gasteiger partial charge in [0.05, 0.1) is 11.4 Å². The van der Waals surface area contributed by atoms with Crippen LogP contribution in [-0.2, 0) is 4.79 Å². The average Bonchev–Trinajstić information content (AvgIpc) is 3.34. The highest BCUT2D eigenvalue weighted by molar-refractivity contribution is 6.08. The number of benzene rings is 2. The van der Waals surface area contributed by atoms with E-state index in [0.717, 1.165) is 12.1 Å². The molecular weight excluding hydrogens is 332 g/mol. The van der Waals surface area contributed by atoms with Crippen LogP contribution in [0.3, 0.4) is 0 Å². The van der Waals surface area contributed by atoms with Crippen LogP contribution in [0.15, 0.2) is 48.5 Å². The van der Waals surface area contributed by atoms with Crippen molar-refractivity contribution in [2.45, 2.75) is 12.8 Å². The molecule has 2 aromatic carbocycles. The molecule has 1 aliphatic heterocycles. The molecule has 1 aromatic heterocycles. The number of hydrogen-bond acceptors (Lipinski definition) is 5. The quantitative estimate of drug-likeness (QED) is 0.752. The second kappa shape index (κ2) is 6.75. The fourth-order valence-corrected chi connectivity index (χ4v) is 3.00. The molecule has 3 aromatic rings. The van der Waals surface area contributed by atoms with E-state index in [-0.39, 0.29) is 11.8 Å². The number of aromatic amines is 1. The van der Waals surface area contributed by atoms with Crippen molar-refractivity contribution in [1.82, 2.24) is 20.6 Å². The van der Waals surface area contributed by atoms with Gasteiger partial charge in [0.2, 0.25) is 11.7 Å². The number of nitrogens with zero attached hydrogens (tertiary/aromatic N) is 4. The van der Waals surface area contributed by atoms with Crippen molar-refractivity contribution in [3.05, 3.63) is 54.1 Å². The smallest absolute Gasteiger partial charge is 0.255 e. The minimum absolute atomic E-state index is 0.0748. The van der Waals surface area contributed by atoms with Crippen molar-refractivity contribution in [3.8, 4) is 11.4 Å². The van der Waals surface area contributed by atoms with E-state index in [1.54, 1.807) is 35.2 Å². The van der Waals surface area contributed by atoms with Crippen molar-refractivity contribution in [2.75, 3.05) is 16.8 Å². The third-order valence-electron chi connectivity index (χ3n) is 4.24. The normalized spacial score (nSPS) is 13.8. The lowest BCUT2D eigenvalue weighted by Crippen LogP contribution is -2.25. The molecule has 0 aliphatic carbocycles. The lowest BCUT2D eigenvalue weighted by atomic mass is 10.1. The van der Waals surface area contributed by atoms with Gasteiger partial charge in [0.1, 0.15) is 0 Å². The summed E-state index contributed by atoms with van der Waals surface area (Å²) in [4.78, 5) is 26.5. The van der Waals surface area contributed by atoms with Crippen molar-refractivity contribution >= 4 is 23.2 Å². The third kappa shape index (κ3) is 3.04. The van der Waals surface area contributed by atoms with Crippen LogP contribution in [0.1, 0.15) is 23.2 Å². The van der Waals surface area contributed by atoms with E-state index in [2.05, 4.69) is 25.9 Å². The molecule has 8 nitrogen and oxygen atoms in total. The van der Waals surface area contributed by atoms with E-state index in [1.807, 2.05) is 18.2 Å².